The summed E-state index contributed by atoms with van der Waals surface area (Å²) in [4.78, 5) is 42.9. The number of Topliss-reactive ketones (excluding diaryl/α,β-unsaturated/α-hetero) is 1. The van der Waals surface area contributed by atoms with Gasteiger partial charge in [0.1, 0.15) is 11.5 Å². The number of ether oxygens (including phenoxy) is 1. The highest BCUT2D eigenvalue weighted by Gasteiger charge is 2.70. The summed E-state index contributed by atoms with van der Waals surface area (Å²) in [5.74, 6) is -2.32. The van der Waals surface area contributed by atoms with E-state index in [1.54, 1.807) is 18.2 Å². The smallest absolute Gasteiger partial charge is 0.239 e. The predicted octanol–water partition coefficient (Wildman–Crippen LogP) is 4.49. The largest absolute Gasteiger partial charge is 0.495 e. The van der Waals surface area contributed by atoms with Crippen LogP contribution >= 0.6 is 11.6 Å². The lowest BCUT2D eigenvalue weighted by Gasteiger charge is -2.52. The molecule has 33 heavy (non-hydrogen) atoms. The monoisotopic (exact) mass is 457 g/mol. The lowest BCUT2D eigenvalue weighted by molar-refractivity contribution is -0.132. The summed E-state index contributed by atoms with van der Waals surface area (Å²) in [5, 5.41) is 0.386. The van der Waals surface area contributed by atoms with E-state index in [2.05, 4.69) is 0 Å². The van der Waals surface area contributed by atoms with E-state index in [0.29, 0.717) is 16.5 Å². The number of imide groups is 1. The lowest BCUT2D eigenvalue weighted by Crippen LogP contribution is -2.57. The highest BCUT2D eigenvalue weighted by molar-refractivity contribution is 6.32. The fraction of sp³-hybridized carbons (Fsp3) is 0.222. The van der Waals surface area contributed by atoms with Gasteiger partial charge >= 0.3 is 0 Å². The summed E-state index contributed by atoms with van der Waals surface area (Å²) in [5.41, 5.74) is 2.61. The summed E-state index contributed by atoms with van der Waals surface area (Å²) in [6.07, 6.45) is 0. The molecule has 2 atom stereocenters. The molecule has 0 aromatic heterocycles. The Labute approximate surface area is 195 Å². The van der Waals surface area contributed by atoms with Crippen LogP contribution in [0.2, 0.25) is 5.02 Å². The van der Waals surface area contributed by atoms with Crippen LogP contribution in [0, 0.1) is 11.8 Å². The Kier molecular flexibility index (Phi) is 4.15. The van der Waals surface area contributed by atoms with Crippen LogP contribution < -0.4 is 9.64 Å². The summed E-state index contributed by atoms with van der Waals surface area (Å²) >= 11 is 6.24. The first kappa shape index (κ1) is 20.2. The van der Waals surface area contributed by atoms with Crippen LogP contribution in [0.4, 0.5) is 5.69 Å². The number of nitrogens with zero attached hydrogens (tertiary/aromatic N) is 1. The van der Waals surface area contributed by atoms with Crippen LogP contribution in [-0.4, -0.2) is 24.7 Å². The number of rotatable bonds is 3. The maximum Gasteiger partial charge on any atom is 0.239 e. The minimum absolute atomic E-state index is 0.142. The van der Waals surface area contributed by atoms with E-state index in [1.165, 1.54) is 18.9 Å². The maximum atomic E-state index is 14.1. The van der Waals surface area contributed by atoms with E-state index in [-0.39, 0.29) is 17.6 Å². The van der Waals surface area contributed by atoms with Crippen LogP contribution in [0.15, 0.2) is 66.7 Å². The van der Waals surface area contributed by atoms with Crippen molar-refractivity contribution in [2.24, 2.45) is 11.8 Å². The third-order valence-corrected chi connectivity index (χ3v) is 7.79. The Hall–Kier alpha value is -3.44. The van der Waals surface area contributed by atoms with Crippen molar-refractivity contribution in [2.45, 2.75) is 18.3 Å². The Balaban J connectivity index is 1.67. The molecule has 5 nitrogen and oxygen atoms in total. The minimum Gasteiger partial charge on any atom is -0.495 e. The van der Waals surface area contributed by atoms with Crippen LogP contribution in [-0.2, 0) is 19.8 Å². The number of benzene rings is 3. The molecule has 1 fully saturated rings. The molecule has 0 saturated carbocycles. The molecule has 0 radical (unpaired) electrons. The molecule has 2 bridgehead atoms. The van der Waals surface area contributed by atoms with E-state index in [0.717, 1.165) is 22.3 Å². The normalized spacial score (nSPS) is 26.6. The summed E-state index contributed by atoms with van der Waals surface area (Å²) < 4.78 is 5.46. The Morgan fingerprint density at radius 2 is 1.55 bits per heavy atom. The van der Waals surface area contributed by atoms with Gasteiger partial charge in [-0.3, -0.25) is 14.4 Å². The minimum atomic E-state index is -1.22. The highest BCUT2D eigenvalue weighted by Crippen LogP contribution is 2.64. The van der Waals surface area contributed by atoms with E-state index < -0.39 is 23.2 Å². The second kappa shape index (κ2) is 6.78. The van der Waals surface area contributed by atoms with Crippen molar-refractivity contribution in [1.29, 1.82) is 0 Å². The topological polar surface area (TPSA) is 63.7 Å². The number of halogens is 1. The van der Waals surface area contributed by atoms with Crippen LogP contribution in [0.25, 0.3) is 0 Å². The molecule has 3 aliphatic carbocycles. The zero-order chi connectivity index (χ0) is 23.1. The number of methoxy groups -OCH3 is 1. The molecular formula is C27H20ClNO4. The molecular weight excluding hydrogens is 438 g/mol. The van der Waals surface area contributed by atoms with Gasteiger partial charge in [-0.25, -0.2) is 4.90 Å². The molecule has 7 rings (SSSR count). The van der Waals surface area contributed by atoms with Crippen molar-refractivity contribution < 1.29 is 19.1 Å². The van der Waals surface area contributed by atoms with Gasteiger partial charge in [0, 0.05) is 10.9 Å². The second-order valence-electron chi connectivity index (χ2n) is 8.85. The number of carbonyl (C=O) groups excluding carboxylic acids is 3. The summed E-state index contributed by atoms with van der Waals surface area (Å²) in [6.45, 7) is 1.52. The first-order valence-electron chi connectivity index (χ1n) is 10.8. The summed E-state index contributed by atoms with van der Waals surface area (Å²) in [7, 11) is 1.48. The average molecular weight is 458 g/mol. The molecule has 3 aromatic carbocycles. The quantitative estimate of drug-likeness (QED) is 0.544. The van der Waals surface area contributed by atoms with Crippen molar-refractivity contribution >= 4 is 34.9 Å². The molecule has 164 valence electrons. The number of carbonyl (C=O) groups is 3. The van der Waals surface area contributed by atoms with Gasteiger partial charge in [-0.15, -0.1) is 0 Å². The fourth-order valence-corrected chi connectivity index (χ4v) is 6.61. The molecule has 0 N–H and O–H groups in total. The van der Waals surface area contributed by atoms with Crippen molar-refractivity contribution in [3.05, 3.63) is 94.0 Å². The molecule has 6 heteroatoms. The number of anilines is 1. The molecule has 4 aliphatic rings. The molecule has 3 aromatic rings. The molecule has 2 amide bonds. The maximum absolute atomic E-state index is 14.1. The van der Waals surface area contributed by atoms with Gasteiger partial charge in [0.05, 0.1) is 30.0 Å². The van der Waals surface area contributed by atoms with Crippen LogP contribution in [0.3, 0.4) is 0 Å². The zero-order valence-corrected chi connectivity index (χ0v) is 18.8. The number of hydrogen-bond acceptors (Lipinski definition) is 4. The van der Waals surface area contributed by atoms with Gasteiger partial charge in [-0.1, -0.05) is 60.1 Å². The highest BCUT2D eigenvalue weighted by atomic mass is 35.5. The van der Waals surface area contributed by atoms with Gasteiger partial charge < -0.3 is 4.74 Å². The molecule has 1 aliphatic heterocycles. The van der Waals surface area contributed by atoms with E-state index in [1.807, 2.05) is 48.5 Å². The van der Waals surface area contributed by atoms with Crippen LogP contribution in [0.1, 0.15) is 35.1 Å². The van der Waals surface area contributed by atoms with E-state index in [9.17, 15) is 14.4 Å². The third-order valence-electron chi connectivity index (χ3n) is 7.56. The first-order chi connectivity index (χ1) is 15.9. The Bertz CT molecular complexity index is 1330. The second-order valence-corrected chi connectivity index (χ2v) is 9.28. The van der Waals surface area contributed by atoms with Gasteiger partial charge in [0.25, 0.3) is 0 Å². The Morgan fingerprint density at radius 1 is 0.939 bits per heavy atom. The number of amides is 2. The van der Waals surface area contributed by atoms with E-state index >= 15 is 0 Å². The molecule has 1 heterocycles. The van der Waals surface area contributed by atoms with Gasteiger partial charge in [-0.2, -0.15) is 0 Å². The first-order valence-corrected chi connectivity index (χ1v) is 11.2. The van der Waals surface area contributed by atoms with Gasteiger partial charge in [0.2, 0.25) is 11.8 Å². The van der Waals surface area contributed by atoms with Gasteiger partial charge in [0.15, 0.2) is 0 Å². The fourth-order valence-electron chi connectivity index (χ4n) is 6.45. The lowest BCUT2D eigenvalue weighted by atomic mass is 9.46. The standard InChI is InChI=1S/C27H20ClNO4/c1-14(30)27-18-9-5-3-7-16(18)22(17-8-4-6-10-19(17)27)23-24(27)26(32)29(25(23)31)20-13-15(28)11-12-21(20)33-2/h3-13,22-24H,1-2H3. The van der Waals surface area contributed by atoms with E-state index in [4.69, 9.17) is 16.3 Å². The molecule has 0 spiro atoms. The van der Waals surface area contributed by atoms with Gasteiger partial charge in [-0.05, 0) is 47.4 Å². The zero-order valence-electron chi connectivity index (χ0n) is 18.0. The average Bonchev–Trinajstić information content (AvgIpc) is 3.09. The number of ketones is 1. The van der Waals surface area contributed by atoms with Crippen LogP contribution in [0.5, 0.6) is 5.75 Å². The summed E-state index contributed by atoms with van der Waals surface area (Å²) in [6, 6.07) is 20.3. The molecule has 1 saturated heterocycles. The predicted molar refractivity (Wildman–Crippen MR) is 124 cm³/mol. The van der Waals surface area contributed by atoms with Crippen molar-refractivity contribution in [2.75, 3.05) is 12.0 Å². The Morgan fingerprint density at radius 3 is 2.12 bits per heavy atom. The van der Waals surface area contributed by atoms with Crippen molar-refractivity contribution in [3.63, 3.8) is 0 Å². The van der Waals surface area contributed by atoms with Crippen molar-refractivity contribution in [3.8, 4) is 5.75 Å². The molecule has 2 unspecified atom stereocenters. The SMILES string of the molecule is COc1ccc(Cl)cc1N1C(=O)C2C3c4ccccc4C(C(C)=O)(c4ccccc43)C2C1=O. The third kappa shape index (κ3) is 2.30. The van der Waals surface area contributed by atoms with Crippen molar-refractivity contribution in [1.82, 2.24) is 0 Å². The number of hydrogen-bond donors (Lipinski definition) is 0.